The second-order valence-corrected chi connectivity index (χ2v) is 7.08. The van der Waals surface area contributed by atoms with Gasteiger partial charge in [-0.05, 0) is 31.0 Å². The second-order valence-electron chi connectivity index (χ2n) is 7.08. The molecule has 11 heteroatoms. The Balaban J connectivity index is 1.58. The first-order chi connectivity index (χ1) is 14.8. The van der Waals surface area contributed by atoms with E-state index >= 15 is 0 Å². The van der Waals surface area contributed by atoms with Crippen LogP contribution in [0.3, 0.4) is 0 Å². The van der Waals surface area contributed by atoms with E-state index in [0.29, 0.717) is 36.6 Å². The zero-order valence-corrected chi connectivity index (χ0v) is 16.2. The molecular formula is C20H18F4N6O. The van der Waals surface area contributed by atoms with Gasteiger partial charge in [-0.3, -0.25) is 4.79 Å². The SMILES string of the molecule is O=C(NC1CCCN(c2ncccn2)C1)c1cnn(-c2ccccc2F)c1C(F)(F)F. The van der Waals surface area contributed by atoms with Crippen LogP contribution >= 0.6 is 0 Å². The Morgan fingerprint density at radius 1 is 1.13 bits per heavy atom. The van der Waals surface area contributed by atoms with Crippen molar-refractivity contribution >= 4 is 11.9 Å². The van der Waals surface area contributed by atoms with Crippen LogP contribution in [0, 0.1) is 5.82 Å². The zero-order valence-electron chi connectivity index (χ0n) is 16.2. The topological polar surface area (TPSA) is 75.9 Å². The molecule has 0 radical (unpaired) electrons. The van der Waals surface area contributed by atoms with E-state index in [1.165, 1.54) is 12.1 Å². The van der Waals surface area contributed by atoms with Crippen molar-refractivity contribution in [2.75, 3.05) is 18.0 Å². The van der Waals surface area contributed by atoms with Crippen LogP contribution in [0.1, 0.15) is 28.9 Å². The van der Waals surface area contributed by atoms with Crippen molar-refractivity contribution < 1.29 is 22.4 Å². The van der Waals surface area contributed by atoms with Crippen LogP contribution in [0.5, 0.6) is 0 Å². The van der Waals surface area contributed by atoms with Crippen LogP contribution in [-0.4, -0.2) is 44.8 Å². The molecule has 3 heterocycles. The molecule has 1 atom stereocenters. The van der Waals surface area contributed by atoms with Gasteiger partial charge in [0.05, 0.1) is 11.8 Å². The van der Waals surface area contributed by atoms with Crippen LogP contribution < -0.4 is 10.2 Å². The summed E-state index contributed by atoms with van der Waals surface area (Å²) in [4.78, 5) is 22.9. The fourth-order valence-electron chi connectivity index (χ4n) is 3.59. The summed E-state index contributed by atoms with van der Waals surface area (Å²) in [5.41, 5.74) is -2.38. The summed E-state index contributed by atoms with van der Waals surface area (Å²) in [5, 5.41) is 6.30. The van der Waals surface area contributed by atoms with E-state index in [1.807, 2.05) is 4.90 Å². The molecule has 4 rings (SSSR count). The normalized spacial score (nSPS) is 16.9. The third kappa shape index (κ3) is 4.35. The number of piperidine rings is 1. The quantitative estimate of drug-likeness (QED) is 0.639. The first-order valence-corrected chi connectivity index (χ1v) is 9.57. The third-order valence-electron chi connectivity index (χ3n) is 4.95. The fourth-order valence-corrected chi connectivity index (χ4v) is 3.59. The number of nitrogens with one attached hydrogen (secondary N) is 1. The maximum absolute atomic E-state index is 14.1. The van der Waals surface area contributed by atoms with Gasteiger partial charge < -0.3 is 10.2 Å². The van der Waals surface area contributed by atoms with Gasteiger partial charge in [-0.15, -0.1) is 0 Å². The molecular weight excluding hydrogens is 416 g/mol. The number of carbonyl (C=O) groups is 1. The number of rotatable bonds is 4. The number of benzene rings is 1. The summed E-state index contributed by atoms with van der Waals surface area (Å²) in [6.45, 7) is 1.04. The minimum Gasteiger partial charge on any atom is -0.347 e. The number of hydrogen-bond acceptors (Lipinski definition) is 5. The lowest BCUT2D eigenvalue weighted by molar-refractivity contribution is -0.143. The molecule has 7 nitrogen and oxygen atoms in total. The number of carbonyl (C=O) groups excluding carboxylic acids is 1. The van der Waals surface area contributed by atoms with E-state index in [9.17, 15) is 22.4 Å². The first-order valence-electron chi connectivity index (χ1n) is 9.57. The number of halogens is 4. The van der Waals surface area contributed by atoms with E-state index in [1.54, 1.807) is 18.5 Å². The van der Waals surface area contributed by atoms with Gasteiger partial charge in [0.2, 0.25) is 5.95 Å². The maximum atomic E-state index is 14.1. The van der Waals surface area contributed by atoms with Gasteiger partial charge in [0.15, 0.2) is 5.69 Å². The molecule has 31 heavy (non-hydrogen) atoms. The van der Waals surface area contributed by atoms with Crippen molar-refractivity contribution in [3.05, 3.63) is 66.0 Å². The number of hydrogen-bond donors (Lipinski definition) is 1. The van der Waals surface area contributed by atoms with Crippen molar-refractivity contribution in [2.24, 2.45) is 0 Å². The molecule has 0 aliphatic carbocycles. The molecule has 1 fully saturated rings. The first kappa shape index (κ1) is 20.8. The Bertz CT molecular complexity index is 1070. The molecule has 0 bridgehead atoms. The average molecular weight is 434 g/mol. The third-order valence-corrected chi connectivity index (χ3v) is 4.95. The minimum absolute atomic E-state index is 0.360. The Labute approximate surface area is 174 Å². The summed E-state index contributed by atoms with van der Waals surface area (Å²) >= 11 is 0. The lowest BCUT2D eigenvalue weighted by atomic mass is 10.1. The number of aromatic nitrogens is 4. The van der Waals surface area contributed by atoms with Gasteiger partial charge >= 0.3 is 6.18 Å². The minimum atomic E-state index is -4.91. The van der Waals surface area contributed by atoms with Gasteiger partial charge in [0, 0.05) is 31.5 Å². The van der Waals surface area contributed by atoms with Crippen molar-refractivity contribution in [1.82, 2.24) is 25.1 Å². The van der Waals surface area contributed by atoms with Crippen LogP contribution in [-0.2, 0) is 6.18 Å². The van der Waals surface area contributed by atoms with Crippen molar-refractivity contribution in [3.8, 4) is 5.69 Å². The molecule has 1 amide bonds. The molecule has 162 valence electrons. The molecule has 1 unspecified atom stereocenters. The molecule has 1 saturated heterocycles. The standard InChI is InChI=1S/C20H18F4N6O/c21-15-6-1-2-7-16(15)30-17(20(22,23)24)14(11-27-30)18(31)28-13-5-3-10-29(12-13)19-25-8-4-9-26-19/h1-2,4,6-9,11,13H,3,5,10,12H2,(H,28,31). The number of nitrogens with zero attached hydrogens (tertiary/aromatic N) is 5. The monoisotopic (exact) mass is 434 g/mol. The van der Waals surface area contributed by atoms with Gasteiger partial charge in [-0.2, -0.15) is 18.3 Å². The predicted molar refractivity (Wildman–Crippen MR) is 103 cm³/mol. The summed E-state index contributed by atoms with van der Waals surface area (Å²) in [6.07, 6.45) is 0.392. The lowest BCUT2D eigenvalue weighted by Gasteiger charge is -2.33. The highest BCUT2D eigenvalue weighted by Crippen LogP contribution is 2.34. The van der Waals surface area contributed by atoms with Crippen LogP contribution in [0.15, 0.2) is 48.9 Å². The Morgan fingerprint density at radius 3 is 2.58 bits per heavy atom. The van der Waals surface area contributed by atoms with E-state index in [2.05, 4.69) is 20.4 Å². The van der Waals surface area contributed by atoms with E-state index < -0.39 is 35.2 Å². The highest BCUT2D eigenvalue weighted by atomic mass is 19.4. The molecule has 1 aromatic carbocycles. The molecule has 0 spiro atoms. The molecule has 2 aromatic heterocycles. The highest BCUT2D eigenvalue weighted by molar-refractivity contribution is 5.95. The zero-order chi connectivity index (χ0) is 22.0. The Kier molecular flexibility index (Phi) is 5.57. The molecule has 0 saturated carbocycles. The summed E-state index contributed by atoms with van der Waals surface area (Å²) in [5.74, 6) is -1.31. The fraction of sp³-hybridized carbons (Fsp3) is 0.300. The number of alkyl halides is 3. The predicted octanol–water partition coefficient (Wildman–Crippen LogP) is 3.22. The van der Waals surface area contributed by atoms with E-state index in [-0.39, 0.29) is 5.69 Å². The molecule has 1 aliphatic rings. The van der Waals surface area contributed by atoms with Gasteiger partial charge in [-0.25, -0.2) is 19.0 Å². The summed E-state index contributed by atoms with van der Waals surface area (Å²) < 4.78 is 55.9. The average Bonchev–Trinajstić information content (AvgIpc) is 3.21. The number of para-hydroxylation sites is 1. The molecule has 1 aliphatic heterocycles. The van der Waals surface area contributed by atoms with E-state index in [0.717, 1.165) is 18.3 Å². The van der Waals surface area contributed by atoms with Crippen molar-refractivity contribution in [1.29, 1.82) is 0 Å². The summed E-state index contributed by atoms with van der Waals surface area (Å²) in [6, 6.07) is 6.22. The summed E-state index contributed by atoms with van der Waals surface area (Å²) in [7, 11) is 0. The Hall–Kier alpha value is -3.50. The van der Waals surface area contributed by atoms with Crippen molar-refractivity contribution in [2.45, 2.75) is 25.1 Å². The molecule has 1 N–H and O–H groups in total. The molecule has 3 aromatic rings. The largest absolute Gasteiger partial charge is 0.434 e. The van der Waals surface area contributed by atoms with Crippen LogP contribution in [0.4, 0.5) is 23.5 Å². The van der Waals surface area contributed by atoms with Gasteiger partial charge in [-0.1, -0.05) is 12.1 Å². The van der Waals surface area contributed by atoms with E-state index in [4.69, 9.17) is 0 Å². The lowest BCUT2D eigenvalue weighted by Crippen LogP contribution is -2.48. The van der Waals surface area contributed by atoms with Crippen molar-refractivity contribution in [3.63, 3.8) is 0 Å². The maximum Gasteiger partial charge on any atom is 0.434 e. The Morgan fingerprint density at radius 2 is 1.87 bits per heavy atom. The number of amides is 1. The smallest absolute Gasteiger partial charge is 0.347 e. The number of anilines is 1. The van der Waals surface area contributed by atoms with Crippen LogP contribution in [0.2, 0.25) is 0 Å². The van der Waals surface area contributed by atoms with Crippen LogP contribution in [0.25, 0.3) is 5.69 Å². The highest BCUT2D eigenvalue weighted by Gasteiger charge is 2.41. The van der Waals surface area contributed by atoms with Gasteiger partial charge in [0.1, 0.15) is 11.5 Å². The second kappa shape index (κ2) is 8.32. The van der Waals surface area contributed by atoms with Gasteiger partial charge in [0.25, 0.3) is 5.91 Å².